The summed E-state index contributed by atoms with van der Waals surface area (Å²) in [4.78, 5) is 10.8. The number of nitrogens with zero attached hydrogens (tertiary/aromatic N) is 2. The van der Waals surface area contributed by atoms with Gasteiger partial charge in [-0.15, -0.1) is 34.0 Å². The standard InChI is InChI=1S/C58H34N2S3/c1-3-13-35(14-4-1)49-34-50(60-58(59-49)36-15-5-2-6-16-36)57-44(38-24-27-55-47(30-38)42-18-8-11-21-52(42)62-55)32-40(37-23-26-54-46(29-37)41-17-7-10-20-51(41)61-54)33-45(57)39-25-28-56-48(31-39)43-19-9-12-22-53(43)63-56/h1-34H. The maximum atomic E-state index is 5.54. The van der Waals surface area contributed by atoms with Crippen molar-refractivity contribution in [3.8, 4) is 67.3 Å². The second-order valence-corrected chi connectivity index (χ2v) is 19.3. The van der Waals surface area contributed by atoms with E-state index in [2.05, 4.69) is 200 Å². The first kappa shape index (κ1) is 36.4. The lowest BCUT2D eigenvalue weighted by Gasteiger charge is -2.20. The molecule has 0 radical (unpaired) electrons. The molecular formula is C58H34N2S3. The van der Waals surface area contributed by atoms with Gasteiger partial charge in [-0.25, -0.2) is 9.97 Å². The molecule has 5 heteroatoms. The third-order valence-electron chi connectivity index (χ3n) is 12.3. The van der Waals surface area contributed by atoms with E-state index in [1.54, 1.807) is 0 Å². The molecule has 0 aliphatic heterocycles. The van der Waals surface area contributed by atoms with Crippen LogP contribution in [0.4, 0.5) is 0 Å². The molecule has 9 aromatic carbocycles. The Balaban J connectivity index is 1.16. The van der Waals surface area contributed by atoms with E-state index in [9.17, 15) is 0 Å². The van der Waals surface area contributed by atoms with Crippen LogP contribution < -0.4 is 0 Å². The summed E-state index contributed by atoms with van der Waals surface area (Å²) in [5.41, 5.74) is 11.8. The van der Waals surface area contributed by atoms with Crippen LogP contribution in [0.1, 0.15) is 0 Å². The van der Waals surface area contributed by atoms with Crippen LogP contribution in [0.3, 0.4) is 0 Å². The molecule has 0 saturated heterocycles. The van der Waals surface area contributed by atoms with Gasteiger partial charge in [0.05, 0.1) is 11.4 Å². The van der Waals surface area contributed by atoms with Gasteiger partial charge in [-0.1, -0.05) is 133 Å². The number of rotatable bonds is 6. The minimum atomic E-state index is 0.696. The molecule has 4 heterocycles. The van der Waals surface area contributed by atoms with Crippen LogP contribution in [0, 0.1) is 0 Å². The maximum Gasteiger partial charge on any atom is 0.160 e. The highest BCUT2D eigenvalue weighted by atomic mass is 32.1. The van der Waals surface area contributed by atoms with Crippen LogP contribution >= 0.6 is 34.0 Å². The van der Waals surface area contributed by atoms with E-state index >= 15 is 0 Å². The number of thiophene rings is 3. The van der Waals surface area contributed by atoms with Crippen molar-refractivity contribution in [2.24, 2.45) is 0 Å². The van der Waals surface area contributed by atoms with E-state index in [1.807, 2.05) is 40.1 Å². The average molecular weight is 855 g/mol. The van der Waals surface area contributed by atoms with Crippen molar-refractivity contribution in [2.45, 2.75) is 0 Å². The van der Waals surface area contributed by atoms with Crippen LogP contribution in [0.5, 0.6) is 0 Å². The van der Waals surface area contributed by atoms with Crippen molar-refractivity contribution in [1.82, 2.24) is 9.97 Å². The third kappa shape index (κ3) is 6.19. The Kier molecular flexibility index (Phi) is 8.48. The zero-order valence-electron chi connectivity index (χ0n) is 33.7. The summed E-state index contributed by atoms with van der Waals surface area (Å²) in [7, 11) is 0. The number of aromatic nitrogens is 2. The lowest BCUT2D eigenvalue weighted by Crippen LogP contribution is -1.99. The van der Waals surface area contributed by atoms with Gasteiger partial charge in [-0.3, -0.25) is 0 Å². The van der Waals surface area contributed by atoms with Gasteiger partial charge in [0.25, 0.3) is 0 Å². The molecule has 2 nitrogen and oxygen atoms in total. The molecule has 294 valence electrons. The molecule has 0 amide bonds. The Morgan fingerprint density at radius 2 is 0.651 bits per heavy atom. The summed E-state index contributed by atoms with van der Waals surface area (Å²) in [6, 6.07) is 75.3. The zero-order valence-corrected chi connectivity index (χ0v) is 36.2. The van der Waals surface area contributed by atoms with Crippen molar-refractivity contribution in [3.63, 3.8) is 0 Å². The molecule has 0 bridgehead atoms. The van der Waals surface area contributed by atoms with Crippen molar-refractivity contribution in [1.29, 1.82) is 0 Å². The molecular weight excluding hydrogens is 821 g/mol. The Morgan fingerprint density at radius 1 is 0.254 bits per heavy atom. The molecule has 13 aromatic rings. The highest BCUT2D eigenvalue weighted by Gasteiger charge is 2.22. The van der Waals surface area contributed by atoms with Gasteiger partial charge in [0.1, 0.15) is 0 Å². The normalized spacial score (nSPS) is 11.8. The molecule has 0 unspecified atom stereocenters. The Bertz CT molecular complexity index is 3720. The quantitative estimate of drug-likeness (QED) is 0.167. The summed E-state index contributed by atoms with van der Waals surface area (Å²) < 4.78 is 7.75. The molecule has 0 N–H and O–H groups in total. The summed E-state index contributed by atoms with van der Waals surface area (Å²) in [5.74, 6) is 0.696. The number of hydrogen-bond donors (Lipinski definition) is 0. The monoisotopic (exact) mass is 854 g/mol. The van der Waals surface area contributed by atoms with Gasteiger partial charge < -0.3 is 0 Å². The molecule has 0 saturated carbocycles. The van der Waals surface area contributed by atoms with E-state index in [1.165, 1.54) is 66.1 Å². The lowest BCUT2D eigenvalue weighted by atomic mass is 9.85. The van der Waals surface area contributed by atoms with Gasteiger partial charge in [0.2, 0.25) is 0 Å². The molecule has 0 aliphatic carbocycles. The minimum Gasteiger partial charge on any atom is -0.228 e. The minimum absolute atomic E-state index is 0.696. The maximum absolute atomic E-state index is 5.54. The molecule has 4 aromatic heterocycles. The second kappa shape index (κ2) is 14.7. The van der Waals surface area contributed by atoms with Crippen molar-refractivity contribution in [2.75, 3.05) is 0 Å². The van der Waals surface area contributed by atoms with Crippen molar-refractivity contribution in [3.05, 3.63) is 206 Å². The van der Waals surface area contributed by atoms with Crippen molar-refractivity contribution >= 4 is 94.5 Å². The first-order chi connectivity index (χ1) is 31.2. The fraction of sp³-hybridized carbons (Fsp3) is 0. The highest BCUT2D eigenvalue weighted by Crippen LogP contribution is 2.48. The predicted octanol–water partition coefficient (Wildman–Crippen LogP) is 17.6. The fourth-order valence-electron chi connectivity index (χ4n) is 9.28. The smallest absolute Gasteiger partial charge is 0.160 e. The molecule has 63 heavy (non-hydrogen) atoms. The second-order valence-electron chi connectivity index (χ2n) is 16.1. The first-order valence-corrected chi connectivity index (χ1v) is 23.6. The zero-order chi connectivity index (χ0) is 41.4. The van der Waals surface area contributed by atoms with Crippen LogP contribution in [0.15, 0.2) is 206 Å². The average Bonchev–Trinajstić information content (AvgIpc) is 4.04. The van der Waals surface area contributed by atoms with Gasteiger partial charge in [-0.2, -0.15) is 0 Å². The molecule has 0 spiro atoms. The largest absolute Gasteiger partial charge is 0.228 e. The highest BCUT2D eigenvalue weighted by molar-refractivity contribution is 7.26. The predicted molar refractivity (Wildman–Crippen MR) is 273 cm³/mol. The van der Waals surface area contributed by atoms with Gasteiger partial charge in [0.15, 0.2) is 5.82 Å². The van der Waals surface area contributed by atoms with E-state index in [0.29, 0.717) is 5.82 Å². The van der Waals surface area contributed by atoms with Crippen LogP contribution in [0.25, 0.3) is 128 Å². The van der Waals surface area contributed by atoms with Crippen LogP contribution in [0.2, 0.25) is 0 Å². The van der Waals surface area contributed by atoms with E-state index in [0.717, 1.165) is 55.9 Å². The van der Waals surface area contributed by atoms with Gasteiger partial charge in [0, 0.05) is 77.2 Å². The topological polar surface area (TPSA) is 25.8 Å². The number of hydrogen-bond acceptors (Lipinski definition) is 5. The van der Waals surface area contributed by atoms with E-state index in [-0.39, 0.29) is 0 Å². The number of fused-ring (bicyclic) bond motifs is 9. The summed E-state index contributed by atoms with van der Waals surface area (Å²) in [6.07, 6.45) is 0. The van der Waals surface area contributed by atoms with E-state index in [4.69, 9.17) is 9.97 Å². The molecule has 0 aliphatic rings. The molecule has 13 rings (SSSR count). The summed E-state index contributed by atoms with van der Waals surface area (Å²) in [6.45, 7) is 0. The molecule has 0 atom stereocenters. The Morgan fingerprint density at radius 3 is 1.16 bits per heavy atom. The van der Waals surface area contributed by atoms with Crippen LogP contribution in [-0.2, 0) is 0 Å². The summed E-state index contributed by atoms with van der Waals surface area (Å²) >= 11 is 5.56. The Hall–Kier alpha value is -7.28. The summed E-state index contributed by atoms with van der Waals surface area (Å²) in [5, 5.41) is 7.67. The fourth-order valence-corrected chi connectivity index (χ4v) is 12.5. The first-order valence-electron chi connectivity index (χ1n) is 21.1. The van der Waals surface area contributed by atoms with E-state index < -0.39 is 0 Å². The Labute approximate surface area is 375 Å². The molecule has 0 fully saturated rings. The SMILES string of the molecule is c1ccc(-c2cc(-c3c(-c4ccc5sc6ccccc6c5c4)cc(-c4ccc5sc6ccccc6c5c4)cc3-c3ccc4sc5ccccc5c4c3)nc(-c3ccccc3)n2)cc1. The van der Waals surface area contributed by atoms with Crippen LogP contribution in [-0.4, -0.2) is 9.97 Å². The third-order valence-corrected chi connectivity index (χ3v) is 15.8. The van der Waals surface area contributed by atoms with Gasteiger partial charge >= 0.3 is 0 Å². The van der Waals surface area contributed by atoms with Crippen molar-refractivity contribution < 1.29 is 0 Å². The lowest BCUT2D eigenvalue weighted by molar-refractivity contribution is 1.18. The van der Waals surface area contributed by atoms with Gasteiger partial charge in [-0.05, 0) is 106 Å². The number of benzene rings is 9.